The highest BCUT2D eigenvalue weighted by atomic mass is 16.5. The van der Waals surface area contributed by atoms with Crippen LogP contribution in [-0.2, 0) is 16.1 Å². The Bertz CT molecular complexity index is 546. The van der Waals surface area contributed by atoms with Gasteiger partial charge in [0, 0.05) is 11.7 Å². The third-order valence-electron chi connectivity index (χ3n) is 3.51. The van der Waals surface area contributed by atoms with E-state index in [-0.39, 0.29) is 18.1 Å². The van der Waals surface area contributed by atoms with Crippen LogP contribution in [0.3, 0.4) is 0 Å². The third kappa shape index (κ3) is 7.46. The maximum absolute atomic E-state index is 12.0. The Morgan fingerprint density at radius 3 is 2.46 bits per heavy atom. The van der Waals surface area contributed by atoms with Gasteiger partial charge in [0.2, 0.25) is 5.91 Å². The smallest absolute Gasteiger partial charge is 0.319 e. The Hall–Kier alpha value is -2.08. The molecule has 0 aliphatic rings. The predicted octanol–water partition coefficient (Wildman–Crippen LogP) is 3.04. The van der Waals surface area contributed by atoms with Crippen LogP contribution in [0, 0.1) is 0 Å². The molecule has 0 aliphatic heterocycles. The van der Waals surface area contributed by atoms with Crippen LogP contribution in [0.25, 0.3) is 0 Å². The van der Waals surface area contributed by atoms with E-state index >= 15 is 0 Å². The van der Waals surface area contributed by atoms with Gasteiger partial charge in [-0.3, -0.25) is 4.79 Å². The highest BCUT2D eigenvalue weighted by molar-refractivity contribution is 5.93. The zero-order chi connectivity index (χ0) is 18.1. The van der Waals surface area contributed by atoms with Gasteiger partial charge in [-0.05, 0) is 51.8 Å². The van der Waals surface area contributed by atoms with E-state index in [4.69, 9.17) is 4.74 Å². The first-order valence-electron chi connectivity index (χ1n) is 8.40. The summed E-state index contributed by atoms with van der Waals surface area (Å²) in [5.74, 6) is -0.196. The number of benzene rings is 1. The molecule has 24 heavy (non-hydrogen) atoms. The van der Waals surface area contributed by atoms with Crippen LogP contribution in [0.4, 0.5) is 10.5 Å². The molecular formula is C18H29N3O3. The first kappa shape index (κ1) is 20.0. The average Bonchev–Trinajstić information content (AvgIpc) is 2.52. The average molecular weight is 335 g/mol. The zero-order valence-corrected chi connectivity index (χ0v) is 15.2. The Labute approximate surface area is 144 Å². The first-order chi connectivity index (χ1) is 11.3. The summed E-state index contributed by atoms with van der Waals surface area (Å²) in [4.78, 5) is 24.0. The van der Waals surface area contributed by atoms with Gasteiger partial charge in [-0.25, -0.2) is 4.79 Å². The Morgan fingerprint density at radius 2 is 1.83 bits per heavy atom. The summed E-state index contributed by atoms with van der Waals surface area (Å²) in [6.07, 6.45) is 0.991. The highest BCUT2D eigenvalue weighted by Gasteiger charge is 2.16. The minimum Gasteiger partial charge on any atom is -0.374 e. The molecule has 6 heteroatoms. The molecule has 1 aromatic rings. The minimum atomic E-state index is -0.605. The molecule has 0 heterocycles. The third-order valence-corrected chi connectivity index (χ3v) is 3.51. The number of rotatable bonds is 8. The fraction of sp³-hybridized carbons (Fsp3) is 0.556. The first-order valence-corrected chi connectivity index (χ1v) is 8.40. The van der Waals surface area contributed by atoms with Gasteiger partial charge in [0.05, 0.1) is 12.7 Å². The lowest BCUT2D eigenvalue weighted by Gasteiger charge is -2.18. The molecule has 2 atom stereocenters. The fourth-order valence-electron chi connectivity index (χ4n) is 1.90. The molecule has 1 rings (SSSR count). The van der Waals surface area contributed by atoms with Crippen molar-refractivity contribution in [3.8, 4) is 0 Å². The monoisotopic (exact) mass is 335 g/mol. The van der Waals surface area contributed by atoms with Crippen molar-refractivity contribution in [3.63, 3.8) is 0 Å². The van der Waals surface area contributed by atoms with E-state index in [2.05, 4.69) is 16.0 Å². The second-order valence-electron chi connectivity index (χ2n) is 6.20. The Morgan fingerprint density at radius 1 is 1.12 bits per heavy atom. The van der Waals surface area contributed by atoms with Crippen molar-refractivity contribution in [1.82, 2.24) is 10.6 Å². The molecule has 0 bridgehead atoms. The minimum absolute atomic E-state index is 0.0856. The quantitative estimate of drug-likeness (QED) is 0.683. The lowest BCUT2D eigenvalue weighted by atomic mass is 10.2. The summed E-state index contributed by atoms with van der Waals surface area (Å²) in [5.41, 5.74) is 1.64. The second kappa shape index (κ2) is 9.93. The molecule has 6 nitrogen and oxygen atoms in total. The maximum atomic E-state index is 12.0. The number of carbonyl (C=O) groups excluding carboxylic acids is 2. The van der Waals surface area contributed by atoms with Gasteiger partial charge in [-0.15, -0.1) is 0 Å². The summed E-state index contributed by atoms with van der Waals surface area (Å²) in [5, 5.41) is 8.21. The molecule has 0 aromatic heterocycles. The number of hydrogen-bond donors (Lipinski definition) is 3. The molecule has 0 saturated heterocycles. The van der Waals surface area contributed by atoms with Crippen molar-refractivity contribution >= 4 is 17.6 Å². The van der Waals surface area contributed by atoms with E-state index in [9.17, 15) is 9.59 Å². The maximum Gasteiger partial charge on any atom is 0.319 e. The topological polar surface area (TPSA) is 79.5 Å². The number of urea groups is 1. The van der Waals surface area contributed by atoms with Crippen LogP contribution >= 0.6 is 0 Å². The van der Waals surface area contributed by atoms with Crippen molar-refractivity contribution in [1.29, 1.82) is 0 Å². The van der Waals surface area contributed by atoms with Crippen LogP contribution in [0.1, 0.15) is 46.6 Å². The van der Waals surface area contributed by atoms with Crippen molar-refractivity contribution in [2.24, 2.45) is 0 Å². The van der Waals surface area contributed by atoms with Crippen molar-refractivity contribution in [2.45, 2.75) is 65.8 Å². The van der Waals surface area contributed by atoms with Crippen molar-refractivity contribution < 1.29 is 14.3 Å². The summed E-state index contributed by atoms with van der Waals surface area (Å²) in [6.45, 7) is 10.0. The fourth-order valence-corrected chi connectivity index (χ4v) is 1.90. The number of hydrogen-bond acceptors (Lipinski definition) is 3. The molecule has 0 fully saturated rings. The van der Waals surface area contributed by atoms with Gasteiger partial charge in [0.1, 0.15) is 6.04 Å². The normalized spacial score (nSPS) is 13.2. The van der Waals surface area contributed by atoms with Gasteiger partial charge in [0.15, 0.2) is 0 Å². The lowest BCUT2D eigenvalue weighted by Crippen LogP contribution is -2.48. The summed E-state index contributed by atoms with van der Waals surface area (Å²) in [7, 11) is 0. The molecule has 2 unspecified atom stereocenters. The van der Waals surface area contributed by atoms with E-state index in [1.807, 2.05) is 45.9 Å². The van der Waals surface area contributed by atoms with Gasteiger partial charge in [0.25, 0.3) is 0 Å². The SMILES string of the molecule is CCC(C)NC(=O)C(C)NC(=O)Nc1cccc(COC(C)C)c1. The summed E-state index contributed by atoms with van der Waals surface area (Å²) in [6, 6.07) is 6.51. The zero-order valence-electron chi connectivity index (χ0n) is 15.2. The van der Waals surface area contributed by atoms with E-state index in [0.29, 0.717) is 12.3 Å². The second-order valence-corrected chi connectivity index (χ2v) is 6.20. The molecule has 0 aliphatic carbocycles. The molecular weight excluding hydrogens is 306 g/mol. The number of anilines is 1. The Balaban J connectivity index is 2.52. The van der Waals surface area contributed by atoms with Crippen molar-refractivity contribution in [3.05, 3.63) is 29.8 Å². The predicted molar refractivity (Wildman–Crippen MR) is 95.9 cm³/mol. The van der Waals surface area contributed by atoms with Crippen LogP contribution in [0.5, 0.6) is 0 Å². The lowest BCUT2D eigenvalue weighted by molar-refractivity contribution is -0.123. The highest BCUT2D eigenvalue weighted by Crippen LogP contribution is 2.12. The van der Waals surface area contributed by atoms with Gasteiger partial charge >= 0.3 is 6.03 Å². The van der Waals surface area contributed by atoms with Crippen LogP contribution < -0.4 is 16.0 Å². The van der Waals surface area contributed by atoms with Gasteiger partial charge in [-0.1, -0.05) is 19.1 Å². The molecule has 3 amide bonds. The summed E-state index contributed by atoms with van der Waals surface area (Å²) >= 11 is 0. The van der Waals surface area contributed by atoms with Crippen LogP contribution in [0.15, 0.2) is 24.3 Å². The number of amides is 3. The van der Waals surface area contributed by atoms with Crippen LogP contribution in [0.2, 0.25) is 0 Å². The summed E-state index contributed by atoms with van der Waals surface area (Å²) < 4.78 is 5.55. The number of nitrogens with one attached hydrogen (secondary N) is 3. The number of ether oxygens (including phenoxy) is 1. The van der Waals surface area contributed by atoms with Crippen molar-refractivity contribution in [2.75, 3.05) is 5.32 Å². The Kier molecular flexibility index (Phi) is 8.26. The molecule has 0 saturated carbocycles. The molecule has 3 N–H and O–H groups in total. The standard InChI is InChI=1S/C18H29N3O3/c1-6-13(4)19-17(22)14(5)20-18(23)21-16-9-7-8-15(10-16)11-24-12(2)3/h7-10,12-14H,6,11H2,1-5H3,(H,19,22)(H2,20,21,23). The van der Waals surface area contributed by atoms with E-state index in [0.717, 1.165) is 12.0 Å². The van der Waals surface area contributed by atoms with E-state index in [1.165, 1.54) is 0 Å². The molecule has 0 spiro atoms. The number of carbonyl (C=O) groups is 2. The van der Waals surface area contributed by atoms with Gasteiger partial charge in [-0.2, -0.15) is 0 Å². The molecule has 0 radical (unpaired) electrons. The molecule has 1 aromatic carbocycles. The van der Waals surface area contributed by atoms with Crippen LogP contribution in [-0.4, -0.2) is 30.1 Å². The largest absolute Gasteiger partial charge is 0.374 e. The van der Waals surface area contributed by atoms with Gasteiger partial charge < -0.3 is 20.7 Å². The van der Waals surface area contributed by atoms with E-state index in [1.54, 1.807) is 13.0 Å². The molecule has 134 valence electrons. The van der Waals surface area contributed by atoms with E-state index < -0.39 is 12.1 Å².